The van der Waals surface area contributed by atoms with Crippen LogP contribution in [0.15, 0.2) is 48.5 Å². The third kappa shape index (κ3) is 3.16. The Hall–Kier alpha value is -3.55. The van der Waals surface area contributed by atoms with Gasteiger partial charge in [0.25, 0.3) is 11.8 Å². The number of nitrogens with one attached hydrogen (secondary N) is 1. The molecule has 3 aromatic rings. The van der Waals surface area contributed by atoms with E-state index in [0.717, 1.165) is 10.9 Å². The molecule has 0 saturated carbocycles. The Morgan fingerprint density at radius 1 is 0.931 bits per heavy atom. The first kappa shape index (κ1) is 17.5. The minimum absolute atomic E-state index is 0.114. The Balaban J connectivity index is 1.22. The van der Waals surface area contributed by atoms with Crippen LogP contribution in [0.25, 0.3) is 10.9 Å². The number of aromatic amines is 1. The molecule has 148 valence electrons. The van der Waals surface area contributed by atoms with E-state index in [2.05, 4.69) is 10.2 Å². The van der Waals surface area contributed by atoms with Crippen molar-refractivity contribution in [1.29, 1.82) is 0 Å². The molecule has 3 heterocycles. The minimum Gasteiger partial charge on any atom is -0.485 e. The van der Waals surface area contributed by atoms with Crippen LogP contribution in [0.3, 0.4) is 0 Å². The van der Waals surface area contributed by atoms with Crippen LogP contribution in [0.1, 0.15) is 10.5 Å². The first-order chi connectivity index (χ1) is 14.2. The van der Waals surface area contributed by atoms with E-state index < -0.39 is 6.10 Å². The van der Waals surface area contributed by atoms with Crippen LogP contribution < -0.4 is 9.47 Å². The zero-order chi connectivity index (χ0) is 19.8. The number of aromatic nitrogens is 2. The van der Waals surface area contributed by atoms with Crippen LogP contribution in [0.5, 0.6) is 11.5 Å². The van der Waals surface area contributed by atoms with Crippen molar-refractivity contribution in [3.05, 3.63) is 54.2 Å². The Kier molecular flexibility index (Phi) is 4.31. The second-order valence-electron chi connectivity index (χ2n) is 7.10. The van der Waals surface area contributed by atoms with Gasteiger partial charge in [-0.05, 0) is 18.2 Å². The molecule has 29 heavy (non-hydrogen) atoms. The van der Waals surface area contributed by atoms with Gasteiger partial charge in [-0.25, -0.2) is 0 Å². The molecule has 1 N–H and O–H groups in total. The van der Waals surface area contributed by atoms with Gasteiger partial charge in [-0.2, -0.15) is 5.10 Å². The van der Waals surface area contributed by atoms with Gasteiger partial charge in [0.2, 0.25) is 6.10 Å². The molecule has 2 aliphatic heterocycles. The number of H-pyrrole nitrogens is 1. The molecule has 0 spiro atoms. The van der Waals surface area contributed by atoms with Crippen LogP contribution in [0.4, 0.5) is 0 Å². The van der Waals surface area contributed by atoms with Crippen LogP contribution in [-0.4, -0.2) is 70.7 Å². The Labute approximate surface area is 167 Å². The average Bonchev–Trinajstić information content (AvgIpc) is 3.22. The lowest BCUT2D eigenvalue weighted by Gasteiger charge is -2.37. The summed E-state index contributed by atoms with van der Waals surface area (Å²) in [5, 5.41) is 7.89. The first-order valence-corrected chi connectivity index (χ1v) is 9.60. The number of hydrogen-bond donors (Lipinski definition) is 1. The summed E-state index contributed by atoms with van der Waals surface area (Å²) >= 11 is 0. The van der Waals surface area contributed by atoms with Crippen LogP contribution >= 0.6 is 0 Å². The van der Waals surface area contributed by atoms with Gasteiger partial charge in [-0.3, -0.25) is 14.7 Å². The maximum atomic E-state index is 12.9. The fourth-order valence-corrected chi connectivity index (χ4v) is 3.75. The van der Waals surface area contributed by atoms with Crippen molar-refractivity contribution < 1.29 is 19.1 Å². The molecule has 0 radical (unpaired) electrons. The minimum atomic E-state index is -0.664. The predicted octanol–water partition coefficient (Wildman–Crippen LogP) is 1.69. The number of para-hydroxylation sites is 3. The number of piperazine rings is 1. The van der Waals surface area contributed by atoms with Gasteiger partial charge in [0.05, 0.1) is 5.52 Å². The lowest BCUT2D eigenvalue weighted by molar-refractivity contribution is -0.142. The van der Waals surface area contributed by atoms with E-state index in [1.165, 1.54) is 0 Å². The van der Waals surface area contributed by atoms with E-state index in [1.54, 1.807) is 15.9 Å². The van der Waals surface area contributed by atoms with Crippen LogP contribution in [-0.2, 0) is 4.79 Å². The van der Waals surface area contributed by atoms with Crippen LogP contribution in [0.2, 0.25) is 0 Å². The molecule has 0 unspecified atom stereocenters. The number of fused-ring (bicyclic) bond motifs is 2. The van der Waals surface area contributed by atoms with Crippen molar-refractivity contribution in [2.75, 3.05) is 32.8 Å². The highest BCUT2D eigenvalue weighted by atomic mass is 16.6. The molecule has 8 nitrogen and oxygen atoms in total. The van der Waals surface area contributed by atoms with Gasteiger partial charge in [0.15, 0.2) is 17.2 Å². The number of rotatable bonds is 2. The highest BCUT2D eigenvalue weighted by Gasteiger charge is 2.34. The molecule has 8 heteroatoms. The quantitative estimate of drug-likeness (QED) is 0.717. The molecule has 0 bridgehead atoms. The fraction of sp³-hybridized carbons (Fsp3) is 0.286. The SMILES string of the molecule is O=C(c1n[nH]c2ccccc12)N1CCN(C(=O)[C@H]2COc3ccccc3O2)CC1. The van der Waals surface area contributed by atoms with Gasteiger partial charge >= 0.3 is 0 Å². The van der Waals surface area contributed by atoms with Crippen molar-refractivity contribution in [3.63, 3.8) is 0 Å². The van der Waals surface area contributed by atoms with Crippen LogP contribution in [0, 0.1) is 0 Å². The summed E-state index contributed by atoms with van der Waals surface area (Å²) in [6.07, 6.45) is -0.664. The second kappa shape index (κ2) is 7.12. The fourth-order valence-electron chi connectivity index (χ4n) is 3.75. The molecule has 2 aliphatic rings. The summed E-state index contributed by atoms with van der Waals surface area (Å²) in [5.41, 5.74) is 1.25. The zero-order valence-corrected chi connectivity index (χ0v) is 15.7. The van der Waals surface area contributed by atoms with Gasteiger partial charge in [-0.15, -0.1) is 0 Å². The molecule has 1 fully saturated rings. The van der Waals surface area contributed by atoms with E-state index >= 15 is 0 Å². The molecular formula is C21H20N4O4. The summed E-state index contributed by atoms with van der Waals surface area (Å²) in [4.78, 5) is 29.2. The maximum Gasteiger partial charge on any atom is 0.275 e. The number of ether oxygens (including phenoxy) is 2. The Morgan fingerprint density at radius 2 is 1.62 bits per heavy atom. The Morgan fingerprint density at radius 3 is 2.45 bits per heavy atom. The number of carbonyl (C=O) groups is 2. The Bertz CT molecular complexity index is 1070. The molecule has 1 saturated heterocycles. The third-order valence-corrected chi connectivity index (χ3v) is 5.34. The summed E-state index contributed by atoms with van der Waals surface area (Å²) < 4.78 is 11.5. The van der Waals surface area contributed by atoms with E-state index in [9.17, 15) is 9.59 Å². The summed E-state index contributed by atoms with van der Waals surface area (Å²) in [5.74, 6) is 0.993. The zero-order valence-electron chi connectivity index (χ0n) is 15.7. The number of amides is 2. The highest BCUT2D eigenvalue weighted by Crippen LogP contribution is 2.31. The molecular weight excluding hydrogens is 372 g/mol. The molecule has 0 aliphatic carbocycles. The van der Waals surface area contributed by atoms with E-state index in [4.69, 9.17) is 9.47 Å². The van der Waals surface area contributed by atoms with Crippen molar-refractivity contribution in [2.24, 2.45) is 0 Å². The molecule has 2 amide bonds. The van der Waals surface area contributed by atoms with E-state index in [0.29, 0.717) is 43.4 Å². The molecule has 2 aromatic carbocycles. The number of nitrogens with zero attached hydrogens (tertiary/aromatic N) is 3. The van der Waals surface area contributed by atoms with Crippen molar-refractivity contribution >= 4 is 22.7 Å². The summed E-state index contributed by atoms with van der Waals surface area (Å²) in [6.45, 7) is 2.00. The number of carbonyl (C=O) groups excluding carboxylic acids is 2. The first-order valence-electron chi connectivity index (χ1n) is 9.60. The monoisotopic (exact) mass is 392 g/mol. The summed E-state index contributed by atoms with van der Waals surface area (Å²) in [6, 6.07) is 14.9. The summed E-state index contributed by atoms with van der Waals surface area (Å²) in [7, 11) is 0. The normalized spacial score (nSPS) is 18.7. The topological polar surface area (TPSA) is 87.8 Å². The maximum absolute atomic E-state index is 12.9. The van der Waals surface area contributed by atoms with Crippen molar-refractivity contribution in [2.45, 2.75) is 6.10 Å². The van der Waals surface area contributed by atoms with Crippen molar-refractivity contribution in [3.8, 4) is 11.5 Å². The van der Waals surface area contributed by atoms with Gasteiger partial charge in [0.1, 0.15) is 6.61 Å². The predicted molar refractivity (Wildman–Crippen MR) is 105 cm³/mol. The number of benzene rings is 2. The number of hydrogen-bond acceptors (Lipinski definition) is 5. The van der Waals surface area contributed by atoms with Crippen molar-refractivity contribution in [1.82, 2.24) is 20.0 Å². The molecule has 1 aromatic heterocycles. The van der Waals surface area contributed by atoms with Gasteiger partial charge in [-0.1, -0.05) is 30.3 Å². The highest BCUT2D eigenvalue weighted by molar-refractivity contribution is 6.04. The smallest absolute Gasteiger partial charge is 0.275 e. The van der Waals surface area contributed by atoms with Gasteiger partial charge < -0.3 is 19.3 Å². The molecule has 1 atom stereocenters. The average molecular weight is 392 g/mol. The van der Waals surface area contributed by atoms with E-state index in [-0.39, 0.29) is 18.4 Å². The largest absolute Gasteiger partial charge is 0.485 e. The van der Waals surface area contributed by atoms with Gasteiger partial charge in [0, 0.05) is 31.6 Å². The lowest BCUT2D eigenvalue weighted by atomic mass is 10.1. The third-order valence-electron chi connectivity index (χ3n) is 5.34. The molecule has 5 rings (SSSR count). The lowest BCUT2D eigenvalue weighted by Crippen LogP contribution is -2.55. The second-order valence-corrected chi connectivity index (χ2v) is 7.10. The van der Waals surface area contributed by atoms with E-state index in [1.807, 2.05) is 42.5 Å². The standard InChI is InChI=1S/C21H20N4O4/c26-20(18-13-28-16-7-3-4-8-17(16)29-18)24-9-11-25(12-10-24)21(27)19-14-5-1-2-6-15(14)22-23-19/h1-8,18H,9-13H2,(H,22,23)/t18-/m1/s1.